The van der Waals surface area contributed by atoms with Crippen molar-refractivity contribution in [2.24, 2.45) is 0 Å². The maximum atomic E-state index is 13.1. The minimum Gasteiger partial charge on any atom is -0.480 e. The molecular weight excluding hydrogens is 435 g/mol. The molecule has 0 aliphatic rings. The van der Waals surface area contributed by atoms with Crippen LogP contribution >= 0.6 is 11.6 Å². The van der Waals surface area contributed by atoms with Crippen molar-refractivity contribution in [2.45, 2.75) is 19.1 Å². The number of nitrogens with zero attached hydrogens (tertiary/aromatic N) is 2. The topological polar surface area (TPSA) is 84.2 Å². The molecule has 6 nitrogen and oxygen atoms in total. The fourth-order valence-corrected chi connectivity index (χ4v) is 3.32. The van der Waals surface area contributed by atoms with E-state index in [0.717, 1.165) is 28.3 Å². The minimum atomic E-state index is -4.62. The quantitative estimate of drug-likeness (QED) is 0.559. The van der Waals surface area contributed by atoms with E-state index in [9.17, 15) is 27.9 Å². The molecular formula is C21H17ClF3N3O3. The molecule has 0 saturated carbocycles. The summed E-state index contributed by atoms with van der Waals surface area (Å²) in [6, 6.07) is 13.5. The van der Waals surface area contributed by atoms with Crippen molar-refractivity contribution in [3.63, 3.8) is 0 Å². The Morgan fingerprint density at radius 2 is 1.84 bits per heavy atom. The molecule has 2 aromatic carbocycles. The van der Waals surface area contributed by atoms with E-state index in [1.807, 2.05) is 30.3 Å². The van der Waals surface area contributed by atoms with Crippen LogP contribution in [0.2, 0.25) is 5.15 Å². The van der Waals surface area contributed by atoms with Gasteiger partial charge in [-0.3, -0.25) is 14.2 Å². The first-order chi connectivity index (χ1) is 14.7. The molecule has 1 heterocycles. The van der Waals surface area contributed by atoms with Crippen molar-refractivity contribution < 1.29 is 23.1 Å². The van der Waals surface area contributed by atoms with Crippen LogP contribution in [0.5, 0.6) is 0 Å². The van der Waals surface area contributed by atoms with Crippen molar-refractivity contribution in [1.82, 2.24) is 9.55 Å². The normalized spacial score (nSPS) is 11.4. The summed E-state index contributed by atoms with van der Waals surface area (Å²) >= 11 is 6.20. The van der Waals surface area contributed by atoms with E-state index in [1.165, 1.54) is 6.07 Å². The van der Waals surface area contributed by atoms with Crippen molar-refractivity contribution in [2.75, 3.05) is 11.9 Å². The summed E-state index contributed by atoms with van der Waals surface area (Å²) in [5, 5.41) is 11.8. The van der Waals surface area contributed by atoms with Crippen LogP contribution in [0.25, 0.3) is 11.3 Å². The second-order valence-electron chi connectivity index (χ2n) is 6.63. The monoisotopic (exact) mass is 451 g/mol. The number of carbonyl (C=O) groups is 1. The first-order valence-electron chi connectivity index (χ1n) is 9.14. The molecule has 0 spiro atoms. The average molecular weight is 452 g/mol. The van der Waals surface area contributed by atoms with E-state index >= 15 is 0 Å². The lowest BCUT2D eigenvalue weighted by Gasteiger charge is -2.16. The molecule has 162 valence electrons. The lowest BCUT2D eigenvalue weighted by molar-refractivity contribution is -0.138. The Balaban J connectivity index is 2.00. The smallest absolute Gasteiger partial charge is 0.416 e. The van der Waals surface area contributed by atoms with Crippen molar-refractivity contribution in [3.8, 4) is 11.3 Å². The van der Waals surface area contributed by atoms with Gasteiger partial charge in [0.15, 0.2) is 11.0 Å². The van der Waals surface area contributed by atoms with Crippen LogP contribution in [0.4, 0.5) is 19.0 Å². The maximum Gasteiger partial charge on any atom is 0.416 e. The van der Waals surface area contributed by atoms with Crippen LogP contribution < -0.4 is 10.9 Å². The predicted molar refractivity (Wildman–Crippen MR) is 110 cm³/mol. The summed E-state index contributed by atoms with van der Waals surface area (Å²) in [5.41, 5.74) is -1.02. The lowest BCUT2D eigenvalue weighted by atomic mass is 10.1. The number of anilines is 1. The molecule has 0 aliphatic heterocycles. The third-order valence-corrected chi connectivity index (χ3v) is 4.69. The number of aliphatic carboxylic acids is 1. The van der Waals surface area contributed by atoms with Gasteiger partial charge in [-0.25, -0.2) is 4.98 Å². The third kappa shape index (κ3) is 5.43. The molecule has 0 aliphatic carbocycles. The van der Waals surface area contributed by atoms with Crippen LogP contribution in [-0.4, -0.2) is 27.2 Å². The Bertz CT molecular complexity index is 1150. The van der Waals surface area contributed by atoms with E-state index in [-0.39, 0.29) is 22.2 Å². The fourth-order valence-electron chi connectivity index (χ4n) is 3.03. The van der Waals surface area contributed by atoms with Gasteiger partial charge in [0.1, 0.15) is 6.54 Å². The van der Waals surface area contributed by atoms with Crippen LogP contribution in [0.1, 0.15) is 11.1 Å². The Labute approximate surface area is 179 Å². The number of hydrogen-bond donors (Lipinski definition) is 2. The van der Waals surface area contributed by atoms with E-state index in [2.05, 4.69) is 10.3 Å². The van der Waals surface area contributed by atoms with Crippen LogP contribution in [0, 0.1) is 0 Å². The molecule has 1 aromatic heterocycles. The Kier molecular flexibility index (Phi) is 6.65. The van der Waals surface area contributed by atoms with Gasteiger partial charge >= 0.3 is 12.1 Å². The molecule has 0 bridgehead atoms. The van der Waals surface area contributed by atoms with Crippen LogP contribution in [0.3, 0.4) is 0 Å². The number of alkyl halides is 3. The molecule has 3 rings (SSSR count). The second kappa shape index (κ2) is 9.22. The van der Waals surface area contributed by atoms with Gasteiger partial charge in [0, 0.05) is 12.1 Å². The van der Waals surface area contributed by atoms with Crippen LogP contribution in [0.15, 0.2) is 59.4 Å². The Morgan fingerprint density at radius 3 is 2.48 bits per heavy atom. The zero-order chi connectivity index (χ0) is 22.6. The number of benzene rings is 2. The Morgan fingerprint density at radius 1 is 1.13 bits per heavy atom. The molecule has 10 heteroatoms. The molecule has 0 atom stereocenters. The summed E-state index contributed by atoms with van der Waals surface area (Å²) in [6.45, 7) is -0.474. The van der Waals surface area contributed by atoms with Gasteiger partial charge in [-0.15, -0.1) is 0 Å². The fraction of sp³-hybridized carbons (Fsp3) is 0.190. The minimum absolute atomic E-state index is 0.0680. The molecule has 0 radical (unpaired) electrons. The van der Waals surface area contributed by atoms with E-state index in [0.29, 0.717) is 13.0 Å². The number of aromatic nitrogens is 2. The SMILES string of the molecule is O=C(O)Cn1c(-c2cccc(C(F)(F)F)c2)c(Cl)nc(NCCc2ccccc2)c1=O. The number of carboxylic acids is 1. The van der Waals surface area contributed by atoms with Crippen molar-refractivity contribution in [1.29, 1.82) is 0 Å². The first-order valence-corrected chi connectivity index (χ1v) is 9.52. The van der Waals surface area contributed by atoms with Gasteiger partial charge in [-0.1, -0.05) is 54.1 Å². The second-order valence-corrected chi connectivity index (χ2v) is 6.98. The lowest BCUT2D eigenvalue weighted by Crippen LogP contribution is -2.30. The standard InChI is InChI=1S/C21H17ClF3N3O3/c22-18-17(14-7-4-8-15(11-14)21(23,24)25)28(12-16(29)30)20(31)19(27-18)26-10-9-13-5-2-1-3-6-13/h1-8,11H,9-10,12H2,(H,26,27)(H,29,30). The van der Waals surface area contributed by atoms with Crippen LogP contribution in [-0.2, 0) is 23.9 Å². The molecule has 31 heavy (non-hydrogen) atoms. The summed E-state index contributed by atoms with van der Waals surface area (Å²) in [4.78, 5) is 28.2. The summed E-state index contributed by atoms with van der Waals surface area (Å²) < 4.78 is 40.1. The summed E-state index contributed by atoms with van der Waals surface area (Å²) in [6.07, 6.45) is -4.05. The molecule has 0 unspecified atom stereocenters. The van der Waals surface area contributed by atoms with Crippen molar-refractivity contribution in [3.05, 3.63) is 81.2 Å². The number of rotatable bonds is 7. The molecule has 0 fully saturated rings. The molecule has 2 N–H and O–H groups in total. The van der Waals surface area contributed by atoms with Gasteiger partial charge in [-0.2, -0.15) is 13.2 Å². The molecule has 3 aromatic rings. The number of nitrogens with one attached hydrogen (secondary N) is 1. The highest BCUT2D eigenvalue weighted by atomic mass is 35.5. The highest BCUT2D eigenvalue weighted by Crippen LogP contribution is 2.33. The third-order valence-electron chi connectivity index (χ3n) is 4.43. The van der Waals surface area contributed by atoms with E-state index < -0.39 is 29.8 Å². The summed E-state index contributed by atoms with van der Waals surface area (Å²) in [5.74, 6) is -1.54. The first kappa shape index (κ1) is 22.4. The van der Waals surface area contributed by atoms with Gasteiger partial charge in [-0.05, 0) is 24.1 Å². The van der Waals surface area contributed by atoms with Gasteiger partial charge in [0.25, 0.3) is 5.56 Å². The number of hydrogen-bond acceptors (Lipinski definition) is 4. The predicted octanol–water partition coefficient (Wildman–Crippen LogP) is 4.32. The summed E-state index contributed by atoms with van der Waals surface area (Å²) in [7, 11) is 0. The largest absolute Gasteiger partial charge is 0.480 e. The van der Waals surface area contributed by atoms with Crippen molar-refractivity contribution >= 4 is 23.4 Å². The highest BCUT2D eigenvalue weighted by Gasteiger charge is 2.31. The van der Waals surface area contributed by atoms with Gasteiger partial charge in [0.05, 0.1) is 11.3 Å². The Hall–Kier alpha value is -3.33. The zero-order valence-corrected chi connectivity index (χ0v) is 16.7. The number of halogens is 4. The van der Waals surface area contributed by atoms with E-state index in [4.69, 9.17) is 11.6 Å². The van der Waals surface area contributed by atoms with Gasteiger partial charge < -0.3 is 10.4 Å². The molecule has 0 saturated heterocycles. The zero-order valence-electron chi connectivity index (χ0n) is 16.0. The highest BCUT2D eigenvalue weighted by molar-refractivity contribution is 6.32. The molecule has 0 amide bonds. The number of carboxylic acid groups (broad SMARTS) is 1. The van der Waals surface area contributed by atoms with Gasteiger partial charge in [0.2, 0.25) is 0 Å². The maximum absolute atomic E-state index is 13.1. The average Bonchev–Trinajstić information content (AvgIpc) is 2.71. The van der Waals surface area contributed by atoms with E-state index in [1.54, 1.807) is 0 Å².